The van der Waals surface area contributed by atoms with Crippen LogP contribution in [-0.2, 0) is 9.59 Å². The molecule has 0 fully saturated rings. The van der Waals surface area contributed by atoms with Crippen molar-refractivity contribution in [3.8, 4) is 0 Å². The monoisotopic (exact) mass is 427 g/mol. The summed E-state index contributed by atoms with van der Waals surface area (Å²) in [6.07, 6.45) is 0. The number of aliphatic imine (C=N–C) groups is 1. The average Bonchev–Trinajstić information content (AvgIpc) is 2.59. The maximum atomic E-state index is 12.0. The second-order valence-electron chi connectivity index (χ2n) is 7.33. The van der Waals surface area contributed by atoms with Crippen LogP contribution in [0, 0.1) is 0 Å². The fourth-order valence-electron chi connectivity index (χ4n) is 1.97. The summed E-state index contributed by atoms with van der Waals surface area (Å²) in [7, 11) is 3.38. The molecule has 9 heteroatoms. The predicted molar refractivity (Wildman–Crippen MR) is 117 cm³/mol. The van der Waals surface area contributed by atoms with Crippen LogP contribution in [0.3, 0.4) is 0 Å². The van der Waals surface area contributed by atoms with Crippen molar-refractivity contribution in [1.29, 1.82) is 0 Å². The van der Waals surface area contributed by atoms with Crippen LogP contribution in [0.4, 0.5) is 0 Å². The van der Waals surface area contributed by atoms with Crippen LogP contribution in [0.1, 0.15) is 20.8 Å². The Hall–Kier alpha value is -1.93. The quantitative estimate of drug-likeness (QED) is 0.255. The third kappa shape index (κ3) is 11.0. The molecule has 0 atom stereocenters. The molecule has 0 aliphatic heterocycles. The van der Waals surface area contributed by atoms with Gasteiger partial charge < -0.3 is 20.9 Å². The number of nitrogens with zero attached hydrogens (tertiary/aromatic N) is 2. The van der Waals surface area contributed by atoms with Gasteiger partial charge in [0.25, 0.3) is 0 Å². The molecule has 0 unspecified atom stereocenters. The average molecular weight is 428 g/mol. The van der Waals surface area contributed by atoms with Crippen LogP contribution < -0.4 is 16.0 Å². The summed E-state index contributed by atoms with van der Waals surface area (Å²) in [5, 5.41) is 9.69. The van der Waals surface area contributed by atoms with E-state index in [4.69, 9.17) is 11.6 Å². The van der Waals surface area contributed by atoms with Crippen LogP contribution in [0.5, 0.6) is 0 Å². The molecule has 0 bridgehead atoms. The third-order valence-electron chi connectivity index (χ3n) is 3.28. The standard InChI is InChI=1S/C19H30ClN5O2S/c1-19(2,3)24-16(26)12-22-18(23-13-17(27)25(4)5)21-10-11-28-15-8-6-14(20)7-9-15/h6-9H,10-13H2,1-5H3,(H,24,26)(H2,21,22,23). The van der Waals surface area contributed by atoms with Gasteiger partial charge in [-0.15, -0.1) is 11.8 Å². The fourth-order valence-corrected chi connectivity index (χ4v) is 2.86. The Morgan fingerprint density at radius 3 is 2.36 bits per heavy atom. The van der Waals surface area contributed by atoms with Crippen molar-refractivity contribution >= 4 is 41.1 Å². The number of amides is 2. The third-order valence-corrected chi connectivity index (χ3v) is 4.54. The smallest absolute Gasteiger partial charge is 0.242 e. The summed E-state index contributed by atoms with van der Waals surface area (Å²) in [5.74, 6) is 0.959. The molecule has 0 saturated heterocycles. The molecule has 0 saturated carbocycles. The highest BCUT2D eigenvalue weighted by Crippen LogP contribution is 2.19. The number of rotatable bonds is 8. The lowest BCUT2D eigenvalue weighted by atomic mass is 10.1. The fraction of sp³-hybridized carbons (Fsp3) is 0.526. The van der Waals surface area contributed by atoms with Crippen molar-refractivity contribution in [2.24, 2.45) is 4.99 Å². The summed E-state index contributed by atoms with van der Waals surface area (Å²) in [6, 6.07) is 7.64. The Bertz CT molecular complexity index is 672. The molecule has 0 heterocycles. The first-order valence-corrected chi connectivity index (χ1v) is 10.3. The normalized spacial score (nSPS) is 11.7. The lowest BCUT2D eigenvalue weighted by molar-refractivity contribution is -0.127. The van der Waals surface area contributed by atoms with Gasteiger partial charge in [-0.05, 0) is 45.0 Å². The number of hydrogen-bond donors (Lipinski definition) is 3. The number of benzene rings is 1. The molecule has 28 heavy (non-hydrogen) atoms. The van der Waals surface area contributed by atoms with E-state index in [0.29, 0.717) is 17.5 Å². The molecule has 2 amide bonds. The molecular weight excluding hydrogens is 398 g/mol. The highest BCUT2D eigenvalue weighted by atomic mass is 35.5. The van der Waals surface area contributed by atoms with Crippen molar-refractivity contribution in [3.05, 3.63) is 29.3 Å². The zero-order chi connectivity index (χ0) is 21.2. The molecule has 7 nitrogen and oxygen atoms in total. The van der Waals surface area contributed by atoms with Gasteiger partial charge in [0.2, 0.25) is 11.8 Å². The van der Waals surface area contributed by atoms with Crippen molar-refractivity contribution in [1.82, 2.24) is 20.9 Å². The van der Waals surface area contributed by atoms with Crippen molar-refractivity contribution in [2.75, 3.05) is 39.5 Å². The maximum absolute atomic E-state index is 12.0. The minimum absolute atomic E-state index is 0.0207. The molecular formula is C19H30ClN5O2S. The number of nitrogens with one attached hydrogen (secondary N) is 3. The number of halogens is 1. The van der Waals surface area contributed by atoms with Gasteiger partial charge in [0, 0.05) is 41.8 Å². The summed E-state index contributed by atoms with van der Waals surface area (Å²) in [4.78, 5) is 30.7. The minimum Gasteiger partial charge on any atom is -0.356 e. The molecule has 0 aliphatic carbocycles. The maximum Gasteiger partial charge on any atom is 0.242 e. The van der Waals surface area contributed by atoms with Crippen LogP contribution >= 0.6 is 23.4 Å². The lowest BCUT2D eigenvalue weighted by Crippen LogP contribution is -2.45. The molecule has 0 aliphatic rings. The SMILES string of the molecule is CN(C)C(=O)CNC(=NCC(=O)NC(C)(C)C)NCCSc1ccc(Cl)cc1. The van der Waals surface area contributed by atoms with Gasteiger partial charge in [0.05, 0.1) is 6.54 Å². The zero-order valence-corrected chi connectivity index (χ0v) is 18.7. The molecule has 0 radical (unpaired) electrons. The first-order chi connectivity index (χ1) is 13.1. The number of hydrogen-bond acceptors (Lipinski definition) is 4. The highest BCUT2D eigenvalue weighted by Gasteiger charge is 2.13. The Morgan fingerprint density at radius 1 is 1.14 bits per heavy atom. The van der Waals surface area contributed by atoms with E-state index in [-0.39, 0.29) is 30.4 Å². The van der Waals surface area contributed by atoms with E-state index in [1.165, 1.54) is 4.90 Å². The topological polar surface area (TPSA) is 85.8 Å². The highest BCUT2D eigenvalue weighted by molar-refractivity contribution is 7.99. The van der Waals surface area contributed by atoms with E-state index in [2.05, 4.69) is 20.9 Å². The number of likely N-dealkylation sites (N-methyl/N-ethyl adjacent to an activating group) is 1. The van der Waals surface area contributed by atoms with Crippen LogP contribution in [0.2, 0.25) is 5.02 Å². The van der Waals surface area contributed by atoms with Crippen molar-refractivity contribution < 1.29 is 9.59 Å². The molecule has 1 aromatic rings. The van der Waals surface area contributed by atoms with Crippen molar-refractivity contribution in [2.45, 2.75) is 31.2 Å². The second kappa shape index (κ2) is 11.8. The summed E-state index contributed by atoms with van der Waals surface area (Å²) >= 11 is 7.56. The predicted octanol–water partition coefficient (Wildman–Crippen LogP) is 1.97. The number of carbonyl (C=O) groups excluding carboxylic acids is 2. The molecule has 1 aromatic carbocycles. The van der Waals surface area contributed by atoms with Gasteiger partial charge in [-0.25, -0.2) is 4.99 Å². The zero-order valence-electron chi connectivity index (χ0n) is 17.1. The van der Waals surface area contributed by atoms with E-state index in [9.17, 15) is 9.59 Å². The van der Waals surface area contributed by atoms with E-state index < -0.39 is 0 Å². The van der Waals surface area contributed by atoms with E-state index in [1.54, 1.807) is 25.9 Å². The van der Waals surface area contributed by atoms with E-state index in [0.717, 1.165) is 10.6 Å². The number of carbonyl (C=O) groups is 2. The number of guanidine groups is 1. The Kier molecular flexibility index (Phi) is 10.2. The van der Waals surface area contributed by atoms with Crippen molar-refractivity contribution in [3.63, 3.8) is 0 Å². The van der Waals surface area contributed by atoms with Crippen LogP contribution in [-0.4, -0.2) is 67.7 Å². The Labute approximate surface area is 176 Å². The first-order valence-electron chi connectivity index (χ1n) is 8.98. The van der Waals surface area contributed by atoms with E-state index in [1.807, 2.05) is 45.0 Å². The first kappa shape index (κ1) is 24.1. The van der Waals surface area contributed by atoms with Gasteiger partial charge in [-0.3, -0.25) is 9.59 Å². The van der Waals surface area contributed by atoms with Gasteiger partial charge in [-0.2, -0.15) is 0 Å². The second-order valence-corrected chi connectivity index (χ2v) is 8.94. The largest absolute Gasteiger partial charge is 0.356 e. The summed E-state index contributed by atoms with van der Waals surface area (Å²) in [6.45, 7) is 6.44. The molecule has 1 rings (SSSR count). The Balaban J connectivity index is 2.55. The minimum atomic E-state index is -0.316. The number of thioether (sulfide) groups is 1. The van der Waals surface area contributed by atoms with E-state index >= 15 is 0 Å². The van der Waals surface area contributed by atoms with Gasteiger partial charge in [0.1, 0.15) is 6.54 Å². The molecule has 3 N–H and O–H groups in total. The molecule has 0 spiro atoms. The van der Waals surface area contributed by atoms with Crippen LogP contribution in [0.25, 0.3) is 0 Å². The Morgan fingerprint density at radius 2 is 1.79 bits per heavy atom. The lowest BCUT2D eigenvalue weighted by Gasteiger charge is -2.20. The summed E-state index contributed by atoms with van der Waals surface area (Å²) < 4.78 is 0. The summed E-state index contributed by atoms with van der Waals surface area (Å²) in [5.41, 5.74) is -0.316. The van der Waals surface area contributed by atoms with Crippen LogP contribution in [0.15, 0.2) is 34.2 Å². The van der Waals surface area contributed by atoms with Gasteiger partial charge in [-0.1, -0.05) is 11.6 Å². The molecule has 0 aromatic heterocycles. The van der Waals surface area contributed by atoms with Gasteiger partial charge >= 0.3 is 0 Å². The van der Waals surface area contributed by atoms with Gasteiger partial charge in [0.15, 0.2) is 5.96 Å². The molecule has 156 valence electrons.